The fourth-order valence-electron chi connectivity index (χ4n) is 2.82. The van der Waals surface area contributed by atoms with Crippen molar-refractivity contribution >= 4 is 17.2 Å². The minimum absolute atomic E-state index is 0.100. The molecule has 122 valence electrons. The summed E-state index contributed by atoms with van der Waals surface area (Å²) in [6, 6.07) is 9.22. The van der Waals surface area contributed by atoms with Crippen LogP contribution in [-0.4, -0.2) is 24.7 Å². The SMILES string of the molecule is COc1ccc([C@H](O)CNC(=O)c2cc3c(s2)CCCC3)cc1. The van der Waals surface area contributed by atoms with Crippen LogP contribution < -0.4 is 10.1 Å². The van der Waals surface area contributed by atoms with E-state index in [1.165, 1.54) is 23.3 Å². The van der Waals surface area contributed by atoms with Gasteiger partial charge in [0.1, 0.15) is 5.75 Å². The summed E-state index contributed by atoms with van der Waals surface area (Å²) in [4.78, 5) is 14.4. The Morgan fingerprint density at radius 2 is 2.04 bits per heavy atom. The molecule has 1 aliphatic carbocycles. The van der Waals surface area contributed by atoms with Crippen LogP contribution in [0, 0.1) is 0 Å². The second-order valence-electron chi connectivity index (χ2n) is 5.77. The Morgan fingerprint density at radius 1 is 1.30 bits per heavy atom. The van der Waals surface area contributed by atoms with Gasteiger partial charge in [0, 0.05) is 11.4 Å². The van der Waals surface area contributed by atoms with Crippen LogP contribution >= 0.6 is 11.3 Å². The van der Waals surface area contributed by atoms with Crippen LogP contribution in [0.15, 0.2) is 30.3 Å². The first-order chi connectivity index (χ1) is 11.2. The molecule has 5 heteroatoms. The number of ether oxygens (including phenoxy) is 1. The molecule has 2 aromatic rings. The van der Waals surface area contributed by atoms with Crippen molar-refractivity contribution in [1.29, 1.82) is 0 Å². The number of carbonyl (C=O) groups is 1. The van der Waals surface area contributed by atoms with Gasteiger partial charge in [-0.15, -0.1) is 11.3 Å². The third-order valence-corrected chi connectivity index (χ3v) is 5.41. The van der Waals surface area contributed by atoms with Crippen LogP contribution in [-0.2, 0) is 12.8 Å². The molecule has 4 nitrogen and oxygen atoms in total. The van der Waals surface area contributed by atoms with Gasteiger partial charge in [0.05, 0.1) is 18.1 Å². The van der Waals surface area contributed by atoms with Crippen molar-refractivity contribution < 1.29 is 14.6 Å². The lowest BCUT2D eigenvalue weighted by atomic mass is 9.99. The topological polar surface area (TPSA) is 58.6 Å². The molecule has 1 amide bonds. The highest BCUT2D eigenvalue weighted by atomic mass is 32.1. The van der Waals surface area contributed by atoms with Gasteiger partial charge in [-0.05, 0) is 55.0 Å². The third-order valence-electron chi connectivity index (χ3n) is 4.18. The number of benzene rings is 1. The Hall–Kier alpha value is -1.85. The molecule has 1 aromatic heterocycles. The van der Waals surface area contributed by atoms with Crippen LogP contribution in [0.3, 0.4) is 0 Å². The number of aryl methyl sites for hydroxylation is 2. The molecule has 0 unspecified atom stereocenters. The zero-order valence-electron chi connectivity index (χ0n) is 13.2. The second-order valence-corrected chi connectivity index (χ2v) is 6.90. The van der Waals surface area contributed by atoms with Gasteiger partial charge in [0.15, 0.2) is 0 Å². The maximum absolute atomic E-state index is 12.3. The van der Waals surface area contributed by atoms with E-state index in [0.717, 1.165) is 29.0 Å². The van der Waals surface area contributed by atoms with Gasteiger partial charge in [-0.1, -0.05) is 12.1 Å². The van der Waals surface area contributed by atoms with Gasteiger partial charge in [-0.3, -0.25) is 4.79 Å². The average Bonchev–Trinajstić information content (AvgIpc) is 3.03. The number of rotatable bonds is 5. The predicted molar refractivity (Wildman–Crippen MR) is 91.2 cm³/mol. The number of nitrogens with one attached hydrogen (secondary N) is 1. The molecule has 0 radical (unpaired) electrons. The van der Waals surface area contributed by atoms with Crippen molar-refractivity contribution in [1.82, 2.24) is 5.32 Å². The predicted octanol–water partition coefficient (Wildman–Crippen LogP) is 3.10. The summed E-state index contributed by atoms with van der Waals surface area (Å²) in [6.45, 7) is 0.202. The van der Waals surface area contributed by atoms with E-state index in [9.17, 15) is 9.90 Å². The molecule has 0 saturated carbocycles. The summed E-state index contributed by atoms with van der Waals surface area (Å²) in [5.41, 5.74) is 2.08. The minimum Gasteiger partial charge on any atom is -0.497 e. The molecule has 3 rings (SSSR count). The van der Waals surface area contributed by atoms with Crippen LogP contribution in [0.1, 0.15) is 44.6 Å². The first kappa shape index (κ1) is 16.0. The summed E-state index contributed by atoms with van der Waals surface area (Å²) in [7, 11) is 1.60. The maximum atomic E-state index is 12.3. The smallest absolute Gasteiger partial charge is 0.261 e. The fourth-order valence-corrected chi connectivity index (χ4v) is 3.99. The molecule has 0 spiro atoms. The van der Waals surface area contributed by atoms with Crippen molar-refractivity contribution in [3.05, 3.63) is 51.2 Å². The first-order valence-corrected chi connectivity index (χ1v) is 8.71. The van der Waals surface area contributed by atoms with E-state index in [4.69, 9.17) is 4.74 Å². The molecular weight excluding hydrogens is 310 g/mol. The molecule has 1 heterocycles. The molecule has 1 atom stereocenters. The van der Waals surface area contributed by atoms with Gasteiger partial charge in [-0.25, -0.2) is 0 Å². The average molecular weight is 331 g/mol. The fraction of sp³-hybridized carbons (Fsp3) is 0.389. The van der Waals surface area contributed by atoms with Crippen LogP contribution in [0.5, 0.6) is 5.75 Å². The molecule has 0 bridgehead atoms. The zero-order chi connectivity index (χ0) is 16.2. The number of aliphatic hydroxyl groups is 1. The highest BCUT2D eigenvalue weighted by Crippen LogP contribution is 2.29. The highest BCUT2D eigenvalue weighted by Gasteiger charge is 2.18. The van der Waals surface area contributed by atoms with E-state index >= 15 is 0 Å². The van der Waals surface area contributed by atoms with E-state index < -0.39 is 6.10 Å². The quantitative estimate of drug-likeness (QED) is 0.885. The van der Waals surface area contributed by atoms with E-state index in [1.54, 1.807) is 42.7 Å². The van der Waals surface area contributed by atoms with E-state index in [-0.39, 0.29) is 12.5 Å². The summed E-state index contributed by atoms with van der Waals surface area (Å²) in [5.74, 6) is 0.645. The molecule has 1 aliphatic rings. The van der Waals surface area contributed by atoms with Crippen molar-refractivity contribution in [3.8, 4) is 5.75 Å². The lowest BCUT2D eigenvalue weighted by molar-refractivity contribution is 0.0920. The Kier molecular flexibility index (Phi) is 4.98. The molecule has 23 heavy (non-hydrogen) atoms. The highest BCUT2D eigenvalue weighted by molar-refractivity contribution is 7.14. The van der Waals surface area contributed by atoms with Crippen molar-refractivity contribution in [2.24, 2.45) is 0 Å². The van der Waals surface area contributed by atoms with Gasteiger partial charge in [0.2, 0.25) is 0 Å². The lowest BCUT2D eigenvalue weighted by Gasteiger charge is -2.12. The summed E-state index contributed by atoms with van der Waals surface area (Å²) >= 11 is 1.59. The van der Waals surface area contributed by atoms with Crippen LogP contribution in [0.4, 0.5) is 0 Å². The van der Waals surface area contributed by atoms with Crippen LogP contribution in [0.2, 0.25) is 0 Å². The monoisotopic (exact) mass is 331 g/mol. The first-order valence-electron chi connectivity index (χ1n) is 7.89. The zero-order valence-corrected chi connectivity index (χ0v) is 14.0. The number of thiophene rings is 1. The number of amides is 1. The second kappa shape index (κ2) is 7.15. The minimum atomic E-state index is -0.723. The third kappa shape index (κ3) is 3.74. The normalized spacial score (nSPS) is 14.9. The molecule has 2 N–H and O–H groups in total. The summed E-state index contributed by atoms with van der Waals surface area (Å²) in [6.07, 6.45) is 3.86. The van der Waals surface area contributed by atoms with Crippen molar-refractivity contribution in [2.75, 3.05) is 13.7 Å². The molecule has 0 saturated heterocycles. The number of hydrogen-bond acceptors (Lipinski definition) is 4. The van der Waals surface area contributed by atoms with Crippen LogP contribution in [0.25, 0.3) is 0 Å². The van der Waals surface area contributed by atoms with Crippen molar-refractivity contribution in [2.45, 2.75) is 31.8 Å². The Morgan fingerprint density at radius 3 is 2.74 bits per heavy atom. The largest absolute Gasteiger partial charge is 0.497 e. The molecule has 0 aliphatic heterocycles. The van der Waals surface area contributed by atoms with Gasteiger partial charge in [0.25, 0.3) is 5.91 Å². The van der Waals surface area contributed by atoms with E-state index in [0.29, 0.717) is 0 Å². The molecule has 0 fully saturated rings. The molecule has 1 aromatic carbocycles. The number of aliphatic hydroxyl groups excluding tert-OH is 1. The van der Waals surface area contributed by atoms with E-state index in [2.05, 4.69) is 5.32 Å². The lowest BCUT2D eigenvalue weighted by Crippen LogP contribution is -2.27. The van der Waals surface area contributed by atoms with Gasteiger partial charge < -0.3 is 15.2 Å². The molecular formula is C18H21NO3S. The van der Waals surface area contributed by atoms with Gasteiger partial charge >= 0.3 is 0 Å². The number of methoxy groups -OCH3 is 1. The number of fused-ring (bicyclic) bond motifs is 1. The van der Waals surface area contributed by atoms with Crippen molar-refractivity contribution in [3.63, 3.8) is 0 Å². The summed E-state index contributed by atoms with van der Waals surface area (Å²) < 4.78 is 5.09. The van der Waals surface area contributed by atoms with E-state index in [1.807, 2.05) is 6.07 Å². The Balaban J connectivity index is 1.58. The standard InChI is InChI=1S/C18H21NO3S/c1-22-14-8-6-12(7-9-14)15(20)11-19-18(21)17-10-13-4-2-3-5-16(13)23-17/h6-10,15,20H,2-5,11H2,1H3,(H,19,21)/t15-/m1/s1. The summed E-state index contributed by atoms with van der Waals surface area (Å²) in [5, 5.41) is 13.0. The van der Waals surface area contributed by atoms with Gasteiger partial charge in [-0.2, -0.15) is 0 Å². The number of hydrogen-bond donors (Lipinski definition) is 2. The maximum Gasteiger partial charge on any atom is 0.261 e. The Labute approximate surface area is 140 Å². The Bertz CT molecular complexity index is 655. The number of carbonyl (C=O) groups excluding carboxylic acids is 1.